The Morgan fingerprint density at radius 1 is 0.256 bits per heavy atom. The number of carbonyl (C=O) groups excluding carboxylic acids is 3. The molecule has 0 aliphatic carbocycles. The summed E-state index contributed by atoms with van der Waals surface area (Å²) < 4.78 is 17.0. The van der Waals surface area contributed by atoms with Crippen molar-refractivity contribution in [2.24, 2.45) is 0 Å². The van der Waals surface area contributed by atoms with Crippen LogP contribution in [0.1, 0.15) is 335 Å². The lowest BCUT2D eigenvalue weighted by molar-refractivity contribution is -0.167. The summed E-state index contributed by atoms with van der Waals surface area (Å²) in [6.07, 6.45) is 95.2. The number of hydrogen-bond donors (Lipinski definition) is 0. The van der Waals surface area contributed by atoms with Gasteiger partial charge in [0, 0.05) is 19.3 Å². The Labute approximate surface area is 508 Å². The lowest BCUT2D eigenvalue weighted by Crippen LogP contribution is -2.30. The second kappa shape index (κ2) is 69.6. The summed E-state index contributed by atoms with van der Waals surface area (Å²) in [5.41, 5.74) is 0. The summed E-state index contributed by atoms with van der Waals surface area (Å²) in [5.74, 6) is -0.882. The third-order valence-corrected chi connectivity index (χ3v) is 15.0. The third-order valence-electron chi connectivity index (χ3n) is 15.0. The highest BCUT2D eigenvalue weighted by Gasteiger charge is 2.19. The zero-order chi connectivity index (χ0) is 59.2. The first-order valence-electron chi connectivity index (χ1n) is 34.9. The van der Waals surface area contributed by atoms with Crippen molar-refractivity contribution in [1.82, 2.24) is 0 Å². The van der Waals surface area contributed by atoms with Crippen molar-refractivity contribution >= 4 is 17.9 Å². The molecule has 0 aromatic heterocycles. The van der Waals surface area contributed by atoms with Crippen molar-refractivity contribution < 1.29 is 28.6 Å². The van der Waals surface area contributed by atoms with Crippen molar-refractivity contribution in [1.29, 1.82) is 0 Å². The Hall–Kier alpha value is -3.93. The van der Waals surface area contributed by atoms with Crippen LogP contribution in [0.25, 0.3) is 0 Å². The van der Waals surface area contributed by atoms with Crippen molar-refractivity contribution in [2.75, 3.05) is 13.2 Å². The monoisotopic (exact) mass is 1140 g/mol. The van der Waals surface area contributed by atoms with Gasteiger partial charge in [0.1, 0.15) is 13.2 Å². The van der Waals surface area contributed by atoms with Crippen LogP contribution < -0.4 is 0 Å². The predicted molar refractivity (Wildman–Crippen MR) is 357 cm³/mol. The normalized spacial score (nSPS) is 12.8. The quantitative estimate of drug-likeness (QED) is 0.0261. The van der Waals surface area contributed by atoms with E-state index in [-0.39, 0.29) is 31.1 Å². The van der Waals surface area contributed by atoms with Crippen LogP contribution in [0.4, 0.5) is 0 Å². The largest absolute Gasteiger partial charge is 0.462 e. The Balaban J connectivity index is 4.36. The molecule has 0 radical (unpaired) electrons. The maximum absolute atomic E-state index is 13.0. The van der Waals surface area contributed by atoms with Gasteiger partial charge in [-0.05, 0) is 109 Å². The molecule has 6 nitrogen and oxygen atoms in total. The number of ether oxygens (including phenoxy) is 3. The molecule has 0 spiro atoms. The Bertz CT molecular complexity index is 1640. The molecule has 82 heavy (non-hydrogen) atoms. The van der Waals surface area contributed by atoms with E-state index in [9.17, 15) is 14.4 Å². The van der Waals surface area contributed by atoms with E-state index in [0.29, 0.717) is 19.3 Å². The van der Waals surface area contributed by atoms with Crippen LogP contribution in [-0.4, -0.2) is 37.2 Å². The second-order valence-corrected chi connectivity index (χ2v) is 23.1. The van der Waals surface area contributed by atoms with E-state index in [1.807, 2.05) is 0 Å². The van der Waals surface area contributed by atoms with Gasteiger partial charge in [-0.25, -0.2) is 0 Å². The molecule has 0 aromatic carbocycles. The minimum Gasteiger partial charge on any atom is -0.462 e. The van der Waals surface area contributed by atoms with E-state index >= 15 is 0 Å². The van der Waals surface area contributed by atoms with Crippen molar-refractivity contribution in [3.05, 3.63) is 109 Å². The molecule has 0 amide bonds. The Morgan fingerprint density at radius 3 is 0.768 bits per heavy atom. The lowest BCUT2D eigenvalue weighted by Gasteiger charge is -2.18. The van der Waals surface area contributed by atoms with E-state index < -0.39 is 6.10 Å². The maximum Gasteiger partial charge on any atom is 0.306 e. The van der Waals surface area contributed by atoms with Crippen molar-refractivity contribution in [3.8, 4) is 0 Å². The van der Waals surface area contributed by atoms with E-state index in [0.717, 1.165) is 116 Å². The number of hydrogen-bond acceptors (Lipinski definition) is 6. The van der Waals surface area contributed by atoms with Gasteiger partial charge in [-0.1, -0.05) is 316 Å². The summed E-state index contributed by atoms with van der Waals surface area (Å²) in [6, 6.07) is 0. The summed E-state index contributed by atoms with van der Waals surface area (Å²) in [7, 11) is 0. The molecule has 0 saturated carbocycles. The highest BCUT2D eigenvalue weighted by Crippen LogP contribution is 2.17. The first kappa shape index (κ1) is 78.1. The average Bonchev–Trinajstić information content (AvgIpc) is 3.47. The van der Waals surface area contributed by atoms with Gasteiger partial charge >= 0.3 is 17.9 Å². The number of rotatable bonds is 63. The van der Waals surface area contributed by atoms with E-state index in [4.69, 9.17) is 14.2 Å². The third kappa shape index (κ3) is 66.9. The molecule has 0 rings (SSSR count). The average molecular weight is 1140 g/mol. The van der Waals surface area contributed by atoms with Gasteiger partial charge < -0.3 is 14.2 Å². The fourth-order valence-electron chi connectivity index (χ4n) is 9.81. The molecule has 0 saturated heterocycles. The maximum atomic E-state index is 13.0. The smallest absolute Gasteiger partial charge is 0.306 e. The summed E-state index contributed by atoms with van der Waals surface area (Å²) in [5, 5.41) is 0. The van der Waals surface area contributed by atoms with Crippen LogP contribution in [0.15, 0.2) is 109 Å². The molecule has 0 heterocycles. The van der Waals surface area contributed by atoms with E-state index in [1.165, 1.54) is 180 Å². The van der Waals surface area contributed by atoms with Crippen LogP contribution in [0.3, 0.4) is 0 Å². The van der Waals surface area contributed by atoms with E-state index in [2.05, 4.69) is 130 Å². The van der Waals surface area contributed by atoms with Gasteiger partial charge in [0.25, 0.3) is 0 Å². The van der Waals surface area contributed by atoms with Gasteiger partial charge in [-0.3, -0.25) is 14.4 Å². The number of carbonyl (C=O) groups is 3. The summed E-state index contributed by atoms with van der Waals surface area (Å²) in [6.45, 7) is 6.53. The van der Waals surface area contributed by atoms with E-state index in [1.54, 1.807) is 0 Å². The molecule has 0 aliphatic heterocycles. The molecule has 0 N–H and O–H groups in total. The summed E-state index contributed by atoms with van der Waals surface area (Å²) in [4.78, 5) is 38.5. The van der Waals surface area contributed by atoms with Gasteiger partial charge in [-0.2, -0.15) is 0 Å². The van der Waals surface area contributed by atoms with Gasteiger partial charge in [0.15, 0.2) is 6.10 Å². The molecule has 1 atom stereocenters. The second-order valence-electron chi connectivity index (χ2n) is 23.1. The van der Waals surface area contributed by atoms with Crippen LogP contribution in [-0.2, 0) is 28.6 Å². The molecular weight excluding hydrogens is 1010 g/mol. The van der Waals surface area contributed by atoms with Crippen LogP contribution in [0.5, 0.6) is 0 Å². The SMILES string of the molecule is CC/C=C\C/C=C\C/C=C\C/C=C\C/C=C\C/C=C\C/C=C\CCCCCCCCCC(=O)OCC(COC(=O)CCCCCCCCCCCCCCCCCC)OC(=O)CCCCCCCCCCC/C=C\C/C=C\CCCCC. The van der Waals surface area contributed by atoms with Crippen LogP contribution >= 0.6 is 0 Å². The highest BCUT2D eigenvalue weighted by molar-refractivity contribution is 5.71. The van der Waals surface area contributed by atoms with Gasteiger partial charge in [-0.15, -0.1) is 0 Å². The van der Waals surface area contributed by atoms with Crippen molar-refractivity contribution in [2.45, 2.75) is 341 Å². The first-order valence-corrected chi connectivity index (χ1v) is 34.9. The fourth-order valence-corrected chi connectivity index (χ4v) is 9.81. The molecule has 0 aromatic rings. The van der Waals surface area contributed by atoms with Crippen LogP contribution in [0, 0.1) is 0 Å². The first-order chi connectivity index (χ1) is 40.5. The molecule has 470 valence electrons. The summed E-state index contributed by atoms with van der Waals surface area (Å²) >= 11 is 0. The highest BCUT2D eigenvalue weighted by atomic mass is 16.6. The van der Waals surface area contributed by atoms with Gasteiger partial charge in [0.2, 0.25) is 0 Å². The minimum atomic E-state index is -0.787. The standard InChI is InChI=1S/C76H130O6/c1-4-7-10-13-16-19-22-25-28-31-33-34-35-36-37-38-39-40-41-42-44-45-48-51-54-57-60-63-66-69-75(78)81-72-73(71-80-74(77)68-65-62-59-56-53-50-47-30-27-24-21-18-15-12-9-6-3)82-76(79)70-67-64-61-58-55-52-49-46-43-32-29-26-23-20-17-14-11-8-5-2/h7,10,16-17,19-20,25-26,28-29,33-34,36-37,39-40,42,44,73H,4-6,8-9,11-15,18,21-24,27,30-32,35,38,41,43,45-72H2,1-3H3/b10-7-,19-16-,20-17-,28-25-,29-26-,34-33-,37-36-,40-39-,44-42-. The topological polar surface area (TPSA) is 78.9 Å². The number of unbranched alkanes of at least 4 members (excludes halogenated alkanes) is 34. The Kier molecular flexibility index (Phi) is 66.2. The zero-order valence-electron chi connectivity index (χ0n) is 54.0. The molecular formula is C76H130O6. The zero-order valence-corrected chi connectivity index (χ0v) is 54.0. The van der Waals surface area contributed by atoms with Crippen LogP contribution in [0.2, 0.25) is 0 Å². The number of allylic oxidation sites excluding steroid dienone is 18. The Morgan fingerprint density at radius 2 is 0.476 bits per heavy atom. The molecule has 1 unspecified atom stereocenters. The predicted octanol–water partition coefficient (Wildman–Crippen LogP) is 24.2. The molecule has 6 heteroatoms. The molecule has 0 fully saturated rings. The molecule has 0 aliphatic rings. The fraction of sp³-hybridized carbons (Fsp3) is 0.724. The lowest BCUT2D eigenvalue weighted by atomic mass is 10.0. The number of esters is 3. The minimum absolute atomic E-state index is 0.0806. The molecule has 0 bridgehead atoms. The van der Waals surface area contributed by atoms with Crippen molar-refractivity contribution in [3.63, 3.8) is 0 Å². The van der Waals surface area contributed by atoms with Gasteiger partial charge in [0.05, 0.1) is 0 Å².